The van der Waals surface area contributed by atoms with Crippen LogP contribution < -0.4 is 0 Å². The Morgan fingerprint density at radius 2 is 1.65 bits per heavy atom. The topological polar surface area (TPSA) is 17.1 Å². The Labute approximate surface area is 117 Å². The molecule has 0 spiro atoms. The van der Waals surface area contributed by atoms with Crippen LogP contribution in [0.2, 0.25) is 10.0 Å². The highest BCUT2D eigenvalue weighted by Crippen LogP contribution is 2.35. The first-order valence-corrected chi connectivity index (χ1v) is 6.37. The van der Waals surface area contributed by atoms with E-state index < -0.39 is 0 Å². The summed E-state index contributed by atoms with van der Waals surface area (Å²) >= 11 is 15.5. The van der Waals surface area contributed by atoms with Crippen LogP contribution in [0.1, 0.15) is 10.4 Å². The average Bonchev–Trinajstić information content (AvgIpc) is 2.34. The maximum Gasteiger partial charge on any atom is 0.150 e. The maximum atomic E-state index is 10.6. The summed E-state index contributed by atoms with van der Waals surface area (Å²) in [6.45, 7) is 0. The first-order valence-electron chi connectivity index (χ1n) is 4.82. The van der Waals surface area contributed by atoms with Crippen LogP contribution in [0, 0.1) is 0 Å². The largest absolute Gasteiger partial charge is 0.298 e. The highest BCUT2D eigenvalue weighted by molar-refractivity contribution is 9.10. The molecule has 0 aliphatic rings. The van der Waals surface area contributed by atoms with Crippen LogP contribution >= 0.6 is 39.1 Å². The third-order valence-electron chi connectivity index (χ3n) is 2.37. The van der Waals surface area contributed by atoms with Crippen molar-refractivity contribution in [2.24, 2.45) is 0 Å². The van der Waals surface area contributed by atoms with Crippen LogP contribution in [0.5, 0.6) is 0 Å². The van der Waals surface area contributed by atoms with Gasteiger partial charge in [-0.2, -0.15) is 0 Å². The van der Waals surface area contributed by atoms with Gasteiger partial charge in [0.25, 0.3) is 0 Å². The Morgan fingerprint density at radius 1 is 1.00 bits per heavy atom. The molecule has 0 unspecified atom stereocenters. The number of halogens is 3. The Bertz CT molecular complexity index is 564. The number of carbonyl (C=O) groups is 1. The average molecular weight is 330 g/mol. The number of benzene rings is 2. The molecular weight excluding hydrogens is 323 g/mol. The molecule has 0 aromatic heterocycles. The van der Waals surface area contributed by atoms with Gasteiger partial charge in [0.1, 0.15) is 6.29 Å². The van der Waals surface area contributed by atoms with E-state index in [2.05, 4.69) is 15.9 Å². The van der Waals surface area contributed by atoms with Crippen molar-refractivity contribution in [2.75, 3.05) is 0 Å². The molecule has 0 atom stereocenters. The van der Waals surface area contributed by atoms with Gasteiger partial charge in [-0.15, -0.1) is 0 Å². The lowest BCUT2D eigenvalue weighted by atomic mass is 10.0. The fourth-order valence-corrected chi connectivity index (χ4v) is 2.40. The minimum Gasteiger partial charge on any atom is -0.298 e. The van der Waals surface area contributed by atoms with Crippen molar-refractivity contribution in [3.8, 4) is 11.1 Å². The molecule has 0 heterocycles. The van der Waals surface area contributed by atoms with Gasteiger partial charge in [-0.1, -0.05) is 47.5 Å². The third kappa shape index (κ3) is 2.71. The van der Waals surface area contributed by atoms with Gasteiger partial charge in [0.15, 0.2) is 0 Å². The van der Waals surface area contributed by atoms with Crippen LogP contribution in [0.3, 0.4) is 0 Å². The van der Waals surface area contributed by atoms with Crippen LogP contribution in [0.25, 0.3) is 11.1 Å². The SMILES string of the molecule is O=Cc1ccc(-c2cc(Cl)c(Br)cc2Cl)cc1. The van der Waals surface area contributed by atoms with E-state index in [-0.39, 0.29) is 0 Å². The van der Waals surface area contributed by atoms with Crippen LogP contribution in [0.15, 0.2) is 40.9 Å². The lowest BCUT2D eigenvalue weighted by molar-refractivity contribution is 0.112. The van der Waals surface area contributed by atoms with Crippen molar-refractivity contribution in [1.29, 1.82) is 0 Å². The Hall–Kier alpha value is -0.830. The van der Waals surface area contributed by atoms with Crippen LogP contribution in [-0.2, 0) is 0 Å². The van der Waals surface area contributed by atoms with E-state index >= 15 is 0 Å². The van der Waals surface area contributed by atoms with Crippen molar-refractivity contribution in [3.05, 3.63) is 56.5 Å². The number of rotatable bonds is 2. The molecule has 17 heavy (non-hydrogen) atoms. The molecule has 4 heteroatoms. The van der Waals surface area contributed by atoms with Gasteiger partial charge in [-0.05, 0) is 33.6 Å². The van der Waals surface area contributed by atoms with E-state index in [0.717, 1.165) is 21.9 Å². The second-order valence-corrected chi connectivity index (χ2v) is 5.15. The smallest absolute Gasteiger partial charge is 0.150 e. The van der Waals surface area contributed by atoms with Gasteiger partial charge >= 0.3 is 0 Å². The molecule has 0 saturated heterocycles. The molecule has 2 aromatic carbocycles. The molecule has 0 aliphatic heterocycles. The Balaban J connectivity index is 2.52. The standard InChI is InChI=1S/C13H7BrCl2O/c14-11-6-12(15)10(5-13(11)16)9-3-1-8(7-17)2-4-9/h1-7H. The van der Waals surface area contributed by atoms with Gasteiger partial charge in [-0.3, -0.25) is 4.79 Å². The van der Waals surface area contributed by atoms with Crippen LogP contribution in [0.4, 0.5) is 0 Å². The van der Waals surface area contributed by atoms with E-state index in [0.29, 0.717) is 15.6 Å². The normalized spacial score (nSPS) is 10.3. The predicted molar refractivity (Wildman–Crippen MR) is 75.0 cm³/mol. The molecule has 0 aliphatic carbocycles. The molecule has 2 aromatic rings. The van der Waals surface area contributed by atoms with Crippen molar-refractivity contribution >= 4 is 45.4 Å². The van der Waals surface area contributed by atoms with Crippen molar-refractivity contribution in [2.45, 2.75) is 0 Å². The van der Waals surface area contributed by atoms with E-state index in [1.165, 1.54) is 0 Å². The van der Waals surface area contributed by atoms with Gasteiger partial charge in [-0.25, -0.2) is 0 Å². The lowest BCUT2D eigenvalue weighted by Gasteiger charge is -2.07. The Kier molecular flexibility index (Phi) is 3.87. The Morgan fingerprint density at radius 3 is 2.24 bits per heavy atom. The number of hydrogen-bond donors (Lipinski definition) is 0. The molecule has 0 bridgehead atoms. The van der Waals surface area contributed by atoms with E-state index in [1.54, 1.807) is 24.3 Å². The second kappa shape index (κ2) is 5.21. The summed E-state index contributed by atoms with van der Waals surface area (Å²) in [7, 11) is 0. The summed E-state index contributed by atoms with van der Waals surface area (Å²) in [6, 6.07) is 10.7. The zero-order chi connectivity index (χ0) is 12.4. The minimum atomic E-state index is 0.601. The van der Waals surface area contributed by atoms with E-state index in [4.69, 9.17) is 23.2 Å². The summed E-state index contributed by atoms with van der Waals surface area (Å²) in [6.07, 6.45) is 0.806. The molecule has 0 fully saturated rings. The summed E-state index contributed by atoms with van der Waals surface area (Å²) in [4.78, 5) is 10.6. The quantitative estimate of drug-likeness (QED) is 0.544. The molecule has 0 radical (unpaired) electrons. The highest BCUT2D eigenvalue weighted by Gasteiger charge is 2.07. The molecule has 0 amide bonds. The van der Waals surface area contributed by atoms with Gasteiger partial charge in [0.05, 0.1) is 5.02 Å². The number of aldehydes is 1. The number of carbonyl (C=O) groups excluding carboxylic acids is 1. The van der Waals surface area contributed by atoms with Gasteiger partial charge in [0.2, 0.25) is 0 Å². The van der Waals surface area contributed by atoms with E-state index in [9.17, 15) is 4.79 Å². The predicted octanol–water partition coefficient (Wildman–Crippen LogP) is 5.24. The fourth-order valence-electron chi connectivity index (χ4n) is 1.49. The summed E-state index contributed by atoms with van der Waals surface area (Å²) in [5.74, 6) is 0. The molecular formula is C13H7BrCl2O. The molecule has 86 valence electrons. The van der Waals surface area contributed by atoms with Gasteiger partial charge in [0, 0.05) is 20.6 Å². The van der Waals surface area contributed by atoms with Crippen LogP contribution in [-0.4, -0.2) is 6.29 Å². The van der Waals surface area contributed by atoms with Crippen molar-refractivity contribution in [1.82, 2.24) is 0 Å². The highest BCUT2D eigenvalue weighted by atomic mass is 79.9. The minimum absolute atomic E-state index is 0.601. The molecule has 0 N–H and O–H groups in total. The summed E-state index contributed by atoms with van der Waals surface area (Å²) < 4.78 is 0.762. The number of hydrogen-bond acceptors (Lipinski definition) is 1. The lowest BCUT2D eigenvalue weighted by Crippen LogP contribution is -1.83. The van der Waals surface area contributed by atoms with Crippen molar-refractivity contribution < 1.29 is 4.79 Å². The molecule has 2 rings (SSSR count). The molecule has 0 saturated carbocycles. The summed E-state index contributed by atoms with van der Waals surface area (Å²) in [5.41, 5.74) is 2.40. The summed E-state index contributed by atoms with van der Waals surface area (Å²) in [5, 5.41) is 1.21. The fraction of sp³-hybridized carbons (Fsp3) is 0. The first-order chi connectivity index (χ1) is 8.11. The first kappa shape index (κ1) is 12.6. The molecule has 1 nitrogen and oxygen atoms in total. The zero-order valence-corrected chi connectivity index (χ0v) is 11.7. The third-order valence-corrected chi connectivity index (χ3v) is 3.88. The van der Waals surface area contributed by atoms with Gasteiger partial charge < -0.3 is 0 Å². The zero-order valence-electron chi connectivity index (χ0n) is 8.58. The monoisotopic (exact) mass is 328 g/mol. The maximum absolute atomic E-state index is 10.6. The van der Waals surface area contributed by atoms with E-state index in [1.807, 2.05) is 12.1 Å². The second-order valence-electron chi connectivity index (χ2n) is 3.49. The van der Waals surface area contributed by atoms with Crippen molar-refractivity contribution in [3.63, 3.8) is 0 Å².